The summed E-state index contributed by atoms with van der Waals surface area (Å²) in [7, 11) is -4.60. The first-order valence-electron chi connectivity index (χ1n) is 14.3. The van der Waals surface area contributed by atoms with E-state index in [1.165, 1.54) is 5.57 Å². The van der Waals surface area contributed by atoms with Gasteiger partial charge in [0.05, 0.1) is 6.61 Å². The molecule has 0 amide bonds. The summed E-state index contributed by atoms with van der Waals surface area (Å²) in [6.45, 7) is 12.0. The van der Waals surface area contributed by atoms with Crippen LogP contribution in [0.5, 0.6) is 11.5 Å². The number of aromatic hydroxyl groups is 1. The molecule has 0 spiro atoms. The number of phenols is 1. The van der Waals surface area contributed by atoms with Crippen molar-refractivity contribution in [1.29, 1.82) is 0 Å². The Balaban J connectivity index is 1.91. The molecular weight excluding hydrogens is 559 g/mol. The summed E-state index contributed by atoms with van der Waals surface area (Å²) >= 11 is 1.03. The van der Waals surface area contributed by atoms with E-state index in [1.54, 1.807) is 43.3 Å². The zero-order valence-corrected chi connectivity index (χ0v) is 26.2. The number of allylic oxidation sites excluding steroid dienone is 3. The van der Waals surface area contributed by atoms with E-state index in [-0.39, 0.29) is 29.9 Å². The number of esters is 1. The fraction of sp³-hybridized carbons (Fsp3) is 0.469. The monoisotopic (exact) mass is 602 g/mol. The van der Waals surface area contributed by atoms with Gasteiger partial charge in [-0.1, -0.05) is 80.8 Å². The van der Waals surface area contributed by atoms with Gasteiger partial charge in [0, 0.05) is 11.5 Å². The van der Waals surface area contributed by atoms with Crippen molar-refractivity contribution in [3.05, 3.63) is 83.0 Å². The normalized spacial score (nSPS) is 19.2. The van der Waals surface area contributed by atoms with Crippen LogP contribution in [0, 0.1) is 5.92 Å². The highest BCUT2D eigenvalue weighted by Gasteiger charge is 2.35. The molecule has 2 aromatic rings. The van der Waals surface area contributed by atoms with Gasteiger partial charge in [-0.15, -0.1) is 11.8 Å². The highest BCUT2D eigenvalue weighted by atomic mass is 32.2. The van der Waals surface area contributed by atoms with Crippen molar-refractivity contribution >= 4 is 25.6 Å². The number of aryl methyl sites for hydroxylation is 1. The van der Waals surface area contributed by atoms with Crippen molar-refractivity contribution in [1.82, 2.24) is 0 Å². The Bertz CT molecular complexity index is 1260. The van der Waals surface area contributed by atoms with Gasteiger partial charge in [-0.3, -0.25) is 9.05 Å². The number of carbonyl (C=O) groups excluding carboxylic acids is 1. The van der Waals surface area contributed by atoms with E-state index in [1.807, 2.05) is 13.0 Å². The Morgan fingerprint density at radius 2 is 1.90 bits per heavy atom. The average molecular weight is 603 g/mol. The number of phenolic OH excluding ortho intramolecular Hbond substituents is 1. The molecule has 224 valence electrons. The minimum absolute atomic E-state index is 0.0589. The molecule has 2 aromatic carbocycles. The minimum atomic E-state index is -4.60. The first-order valence-corrected chi connectivity index (χ1v) is 16.8. The Labute approximate surface area is 248 Å². The standard InChI is InChI=1S/C32H43O7PS/c1-6-8-10-15-25-19-28(33)30(27-18-23(5)16-17-26(27)22(3)4)29(20-25)38-31(34)32(41-7-2)39-40(35,36)37-21-24-13-11-9-12-14-24/h9,11-14,18-20,26-27,32-33H,3,6-8,10,15-17,21H2,1-2,4-5H3,(H,35,36)/t26-,27+,32?/m0/s1. The molecule has 0 saturated carbocycles. The maximum absolute atomic E-state index is 13.5. The van der Waals surface area contributed by atoms with Crippen LogP contribution in [0.25, 0.3) is 0 Å². The number of rotatable bonds is 15. The third-order valence-corrected chi connectivity index (χ3v) is 9.15. The number of phosphoric acid groups is 1. The number of hydrogen-bond acceptors (Lipinski definition) is 7. The van der Waals surface area contributed by atoms with Crippen molar-refractivity contribution in [3.63, 3.8) is 0 Å². The lowest BCUT2D eigenvalue weighted by Crippen LogP contribution is -2.27. The third-order valence-electron chi connectivity index (χ3n) is 7.15. The van der Waals surface area contributed by atoms with Crippen molar-refractivity contribution in [2.75, 3.05) is 5.75 Å². The average Bonchev–Trinajstić information content (AvgIpc) is 2.92. The summed E-state index contributed by atoms with van der Waals surface area (Å²) in [4.78, 5) is 23.9. The van der Waals surface area contributed by atoms with Gasteiger partial charge < -0.3 is 14.7 Å². The summed E-state index contributed by atoms with van der Waals surface area (Å²) in [5, 5.41) is 11.3. The van der Waals surface area contributed by atoms with E-state index in [0.717, 1.165) is 61.4 Å². The molecule has 9 heteroatoms. The summed E-state index contributed by atoms with van der Waals surface area (Å²) in [5.74, 6) is -0.297. The lowest BCUT2D eigenvalue weighted by Gasteiger charge is -2.32. The molecule has 0 heterocycles. The number of phosphoric ester groups is 1. The highest BCUT2D eigenvalue weighted by molar-refractivity contribution is 8.00. The Hall–Kier alpha value is -2.35. The molecule has 41 heavy (non-hydrogen) atoms. The van der Waals surface area contributed by atoms with Crippen LogP contribution in [0.1, 0.15) is 82.4 Å². The van der Waals surface area contributed by atoms with Crippen LogP contribution in [0.4, 0.5) is 0 Å². The van der Waals surface area contributed by atoms with Crippen molar-refractivity contribution in [2.45, 2.75) is 84.2 Å². The van der Waals surface area contributed by atoms with Crippen LogP contribution in [-0.4, -0.2) is 27.2 Å². The summed E-state index contributed by atoms with van der Waals surface area (Å²) in [5.41, 5.74) is 2.82. The predicted molar refractivity (Wildman–Crippen MR) is 165 cm³/mol. The second-order valence-electron chi connectivity index (χ2n) is 10.6. The second-order valence-corrected chi connectivity index (χ2v) is 13.3. The first kappa shape index (κ1) is 33.2. The molecule has 1 aliphatic carbocycles. The van der Waals surface area contributed by atoms with Gasteiger partial charge in [-0.2, -0.15) is 0 Å². The number of benzene rings is 2. The van der Waals surface area contributed by atoms with Crippen LogP contribution in [0.3, 0.4) is 0 Å². The SMILES string of the molecule is C=C(C)[C@@H]1CCC(C)=C[C@H]1c1c(O)cc(CCCCC)cc1OC(=O)C(OP(=O)(O)OCc1ccccc1)SCC. The number of unbranched alkanes of at least 4 members (excludes halogenated alkanes) is 2. The molecule has 0 bridgehead atoms. The fourth-order valence-corrected chi connectivity index (χ4v) is 6.81. The Morgan fingerprint density at radius 3 is 2.56 bits per heavy atom. The Morgan fingerprint density at radius 1 is 1.17 bits per heavy atom. The number of ether oxygens (including phenoxy) is 1. The van der Waals surface area contributed by atoms with Gasteiger partial charge in [-0.25, -0.2) is 9.36 Å². The molecule has 1 aliphatic rings. The van der Waals surface area contributed by atoms with Gasteiger partial charge in [0.15, 0.2) is 0 Å². The predicted octanol–water partition coefficient (Wildman–Crippen LogP) is 8.46. The van der Waals surface area contributed by atoms with E-state index >= 15 is 0 Å². The smallest absolute Gasteiger partial charge is 0.474 e. The largest absolute Gasteiger partial charge is 0.507 e. The highest BCUT2D eigenvalue weighted by Crippen LogP contribution is 2.49. The van der Waals surface area contributed by atoms with Crippen molar-refractivity contribution in [2.24, 2.45) is 5.92 Å². The molecule has 2 N–H and O–H groups in total. The molecule has 4 atom stereocenters. The van der Waals surface area contributed by atoms with Crippen LogP contribution < -0.4 is 4.74 Å². The van der Waals surface area contributed by atoms with Crippen LogP contribution in [0.2, 0.25) is 0 Å². The zero-order valence-electron chi connectivity index (χ0n) is 24.5. The van der Waals surface area contributed by atoms with Gasteiger partial charge >= 0.3 is 13.8 Å². The van der Waals surface area contributed by atoms with Gasteiger partial charge in [0.1, 0.15) is 11.5 Å². The summed E-state index contributed by atoms with van der Waals surface area (Å²) in [6, 6.07) is 12.5. The number of thioether (sulfide) groups is 1. The maximum atomic E-state index is 13.5. The number of hydrogen-bond donors (Lipinski definition) is 2. The first-order chi connectivity index (χ1) is 19.5. The maximum Gasteiger partial charge on any atom is 0.474 e. The summed E-state index contributed by atoms with van der Waals surface area (Å²) < 4.78 is 29.2. The molecule has 0 fully saturated rings. The van der Waals surface area contributed by atoms with Crippen LogP contribution in [0.15, 0.2) is 66.3 Å². The quantitative estimate of drug-likeness (QED) is 0.0523. The molecule has 7 nitrogen and oxygen atoms in total. The van der Waals surface area contributed by atoms with Crippen molar-refractivity contribution in [3.8, 4) is 11.5 Å². The van der Waals surface area contributed by atoms with E-state index < -0.39 is 19.2 Å². The molecule has 0 saturated heterocycles. The van der Waals surface area contributed by atoms with Gasteiger partial charge in [0.2, 0.25) is 5.44 Å². The molecular formula is C32H43O7PS. The fourth-order valence-electron chi connectivity index (χ4n) is 5.05. The third kappa shape index (κ3) is 9.86. The lowest BCUT2D eigenvalue weighted by atomic mass is 9.73. The topological polar surface area (TPSA) is 102 Å². The molecule has 0 aliphatic heterocycles. The van der Waals surface area contributed by atoms with E-state index in [9.17, 15) is 19.4 Å². The van der Waals surface area contributed by atoms with E-state index in [0.29, 0.717) is 16.9 Å². The van der Waals surface area contributed by atoms with Gasteiger partial charge in [-0.05, 0) is 74.5 Å². The second kappa shape index (κ2) is 15.8. The minimum Gasteiger partial charge on any atom is -0.507 e. The summed E-state index contributed by atoms with van der Waals surface area (Å²) in [6.07, 6.45) is 7.66. The van der Waals surface area contributed by atoms with E-state index in [4.69, 9.17) is 13.8 Å². The number of carbonyl (C=O) groups is 1. The molecule has 0 aromatic heterocycles. The van der Waals surface area contributed by atoms with Gasteiger partial charge in [0.25, 0.3) is 0 Å². The van der Waals surface area contributed by atoms with Crippen molar-refractivity contribution < 1.29 is 33.1 Å². The molecule has 3 rings (SSSR count). The lowest BCUT2D eigenvalue weighted by molar-refractivity contribution is -0.139. The molecule has 2 unspecified atom stereocenters. The van der Waals surface area contributed by atoms with Crippen LogP contribution in [-0.2, 0) is 31.4 Å². The molecule has 0 radical (unpaired) electrons. The zero-order chi connectivity index (χ0) is 30.0. The van der Waals surface area contributed by atoms with Crippen LogP contribution >= 0.6 is 19.6 Å². The Kier molecular flexibility index (Phi) is 12.7. The van der Waals surface area contributed by atoms with E-state index in [2.05, 4.69) is 26.5 Å².